The van der Waals surface area contributed by atoms with E-state index in [9.17, 15) is 4.79 Å². The number of carbonyl (C=O) groups is 1. The maximum atomic E-state index is 11.5. The fourth-order valence-electron chi connectivity index (χ4n) is 1.72. The Hall–Kier alpha value is -0.610. The zero-order chi connectivity index (χ0) is 10.4. The summed E-state index contributed by atoms with van der Waals surface area (Å²) in [5, 5.41) is 6.40. The molecular weight excluding hydrogens is 178 g/mol. The van der Waals surface area contributed by atoms with Crippen LogP contribution in [0.15, 0.2) is 0 Å². The van der Waals surface area contributed by atoms with Crippen molar-refractivity contribution in [1.29, 1.82) is 0 Å². The lowest BCUT2D eigenvalue weighted by Gasteiger charge is -2.17. The summed E-state index contributed by atoms with van der Waals surface area (Å²) in [6.45, 7) is 2.59. The quantitative estimate of drug-likeness (QED) is 0.662. The first-order chi connectivity index (χ1) is 6.68. The lowest BCUT2D eigenvalue weighted by atomic mass is 10.1. The monoisotopic (exact) mass is 199 g/mol. The average Bonchev–Trinajstić information content (AvgIpc) is 2.31. The molecule has 4 heteroatoms. The summed E-state index contributed by atoms with van der Waals surface area (Å²) < 4.78 is 0. The van der Waals surface area contributed by atoms with Gasteiger partial charge in [-0.2, -0.15) is 0 Å². The number of amides is 1. The first-order valence-corrected chi connectivity index (χ1v) is 5.33. The minimum atomic E-state index is 0.141. The van der Waals surface area contributed by atoms with E-state index >= 15 is 0 Å². The van der Waals surface area contributed by atoms with Crippen LogP contribution in [0, 0.1) is 0 Å². The normalized spacial score (nSPS) is 23.2. The molecule has 1 atom stereocenters. The van der Waals surface area contributed by atoms with Gasteiger partial charge in [-0.25, -0.2) is 0 Å². The number of carbonyl (C=O) groups excluding carboxylic acids is 1. The lowest BCUT2D eigenvalue weighted by molar-refractivity contribution is -0.122. The SMILES string of the molecule is CN(C)CC(=O)NC1CCCNCC1. The third kappa shape index (κ3) is 4.58. The van der Waals surface area contributed by atoms with Crippen molar-refractivity contribution in [1.82, 2.24) is 15.5 Å². The van der Waals surface area contributed by atoms with Crippen molar-refractivity contribution < 1.29 is 4.79 Å². The molecule has 0 aromatic carbocycles. The van der Waals surface area contributed by atoms with E-state index < -0.39 is 0 Å². The maximum absolute atomic E-state index is 11.5. The molecule has 1 heterocycles. The van der Waals surface area contributed by atoms with Crippen molar-refractivity contribution in [2.24, 2.45) is 0 Å². The number of likely N-dealkylation sites (N-methyl/N-ethyl adjacent to an activating group) is 1. The third-order valence-corrected chi connectivity index (χ3v) is 2.40. The van der Waals surface area contributed by atoms with Crippen LogP contribution in [0.2, 0.25) is 0 Å². The molecule has 1 unspecified atom stereocenters. The molecule has 0 bridgehead atoms. The topological polar surface area (TPSA) is 44.4 Å². The van der Waals surface area contributed by atoms with Crippen LogP contribution in [0.5, 0.6) is 0 Å². The van der Waals surface area contributed by atoms with Crippen molar-refractivity contribution in [3.05, 3.63) is 0 Å². The minimum Gasteiger partial charge on any atom is -0.352 e. The van der Waals surface area contributed by atoms with Crippen molar-refractivity contribution in [3.63, 3.8) is 0 Å². The van der Waals surface area contributed by atoms with Crippen LogP contribution in [0.4, 0.5) is 0 Å². The molecule has 82 valence electrons. The highest BCUT2D eigenvalue weighted by Gasteiger charge is 2.14. The summed E-state index contributed by atoms with van der Waals surface area (Å²) in [6, 6.07) is 0.373. The standard InChI is InChI=1S/C10H21N3O/c1-13(2)8-10(14)12-9-4-3-6-11-7-5-9/h9,11H,3-8H2,1-2H3,(H,12,14). The molecule has 14 heavy (non-hydrogen) atoms. The Kier molecular flexibility index (Phi) is 4.90. The molecule has 4 nitrogen and oxygen atoms in total. The van der Waals surface area contributed by atoms with Crippen LogP contribution in [-0.4, -0.2) is 50.6 Å². The van der Waals surface area contributed by atoms with E-state index in [0.29, 0.717) is 12.6 Å². The Morgan fingerprint density at radius 3 is 2.93 bits per heavy atom. The summed E-state index contributed by atoms with van der Waals surface area (Å²) in [5.74, 6) is 0.141. The van der Waals surface area contributed by atoms with E-state index in [2.05, 4.69) is 10.6 Å². The van der Waals surface area contributed by atoms with Gasteiger partial charge in [-0.3, -0.25) is 4.79 Å². The Bertz CT molecular complexity index is 174. The molecule has 0 aromatic heterocycles. The summed E-state index contributed by atoms with van der Waals surface area (Å²) in [4.78, 5) is 13.4. The molecule has 1 fully saturated rings. The second kappa shape index (κ2) is 5.98. The Labute approximate surface area is 86.0 Å². The van der Waals surface area contributed by atoms with Crippen LogP contribution < -0.4 is 10.6 Å². The molecule has 1 amide bonds. The van der Waals surface area contributed by atoms with Gasteiger partial charge in [-0.05, 0) is 46.4 Å². The van der Waals surface area contributed by atoms with Crippen molar-refractivity contribution in [2.75, 3.05) is 33.7 Å². The van der Waals surface area contributed by atoms with E-state index in [1.54, 1.807) is 0 Å². The van der Waals surface area contributed by atoms with Crippen LogP contribution in [0.3, 0.4) is 0 Å². The molecule has 1 saturated heterocycles. The highest BCUT2D eigenvalue weighted by atomic mass is 16.2. The van der Waals surface area contributed by atoms with Gasteiger partial charge in [0.25, 0.3) is 0 Å². The summed E-state index contributed by atoms with van der Waals surface area (Å²) in [5.41, 5.74) is 0. The second-order valence-electron chi connectivity index (χ2n) is 4.18. The van der Waals surface area contributed by atoms with Crippen molar-refractivity contribution >= 4 is 5.91 Å². The summed E-state index contributed by atoms with van der Waals surface area (Å²) in [7, 11) is 3.82. The smallest absolute Gasteiger partial charge is 0.234 e. The van der Waals surface area contributed by atoms with E-state index in [-0.39, 0.29) is 5.91 Å². The van der Waals surface area contributed by atoms with Crippen molar-refractivity contribution in [2.45, 2.75) is 25.3 Å². The molecule has 0 spiro atoms. The number of nitrogens with zero attached hydrogens (tertiary/aromatic N) is 1. The predicted octanol–water partition coefficient (Wildman–Crippen LogP) is -0.194. The first kappa shape index (κ1) is 11.5. The molecule has 1 aliphatic heterocycles. The van der Waals surface area contributed by atoms with Gasteiger partial charge in [0.2, 0.25) is 5.91 Å². The Morgan fingerprint density at radius 2 is 2.21 bits per heavy atom. The molecule has 0 aromatic rings. The highest BCUT2D eigenvalue weighted by molar-refractivity contribution is 5.78. The van der Waals surface area contributed by atoms with Gasteiger partial charge in [-0.1, -0.05) is 0 Å². The number of rotatable bonds is 3. The molecule has 1 rings (SSSR count). The molecule has 0 radical (unpaired) electrons. The van der Waals surface area contributed by atoms with Gasteiger partial charge >= 0.3 is 0 Å². The molecular formula is C10H21N3O. The molecule has 2 N–H and O–H groups in total. The average molecular weight is 199 g/mol. The van der Waals surface area contributed by atoms with Gasteiger partial charge in [0.1, 0.15) is 0 Å². The zero-order valence-electron chi connectivity index (χ0n) is 9.18. The van der Waals surface area contributed by atoms with E-state index in [0.717, 1.165) is 32.4 Å². The van der Waals surface area contributed by atoms with E-state index in [4.69, 9.17) is 0 Å². The number of hydrogen-bond acceptors (Lipinski definition) is 3. The maximum Gasteiger partial charge on any atom is 0.234 e. The largest absolute Gasteiger partial charge is 0.352 e. The predicted molar refractivity (Wildman–Crippen MR) is 57.2 cm³/mol. The third-order valence-electron chi connectivity index (χ3n) is 2.40. The van der Waals surface area contributed by atoms with Gasteiger partial charge < -0.3 is 15.5 Å². The van der Waals surface area contributed by atoms with Gasteiger partial charge in [0, 0.05) is 6.04 Å². The van der Waals surface area contributed by atoms with Crippen LogP contribution in [-0.2, 0) is 4.79 Å². The van der Waals surface area contributed by atoms with Crippen LogP contribution in [0.25, 0.3) is 0 Å². The number of hydrogen-bond donors (Lipinski definition) is 2. The minimum absolute atomic E-state index is 0.141. The van der Waals surface area contributed by atoms with Crippen LogP contribution in [0.1, 0.15) is 19.3 Å². The van der Waals surface area contributed by atoms with E-state index in [1.165, 1.54) is 0 Å². The lowest BCUT2D eigenvalue weighted by Crippen LogP contribution is -2.40. The Balaban J connectivity index is 2.23. The summed E-state index contributed by atoms with van der Waals surface area (Å²) >= 11 is 0. The van der Waals surface area contributed by atoms with Gasteiger partial charge in [0.05, 0.1) is 6.54 Å². The summed E-state index contributed by atoms with van der Waals surface area (Å²) in [6.07, 6.45) is 3.32. The molecule has 0 aliphatic carbocycles. The van der Waals surface area contributed by atoms with Gasteiger partial charge in [0.15, 0.2) is 0 Å². The highest BCUT2D eigenvalue weighted by Crippen LogP contribution is 2.04. The molecule has 1 aliphatic rings. The Morgan fingerprint density at radius 1 is 1.43 bits per heavy atom. The van der Waals surface area contributed by atoms with Crippen LogP contribution >= 0.6 is 0 Å². The van der Waals surface area contributed by atoms with Crippen molar-refractivity contribution in [3.8, 4) is 0 Å². The van der Waals surface area contributed by atoms with E-state index in [1.807, 2.05) is 19.0 Å². The number of nitrogens with one attached hydrogen (secondary N) is 2. The molecule has 0 saturated carbocycles. The zero-order valence-corrected chi connectivity index (χ0v) is 9.18. The fourth-order valence-corrected chi connectivity index (χ4v) is 1.72. The first-order valence-electron chi connectivity index (χ1n) is 5.33. The van der Waals surface area contributed by atoms with Gasteiger partial charge in [-0.15, -0.1) is 0 Å². The second-order valence-corrected chi connectivity index (χ2v) is 4.18. The fraction of sp³-hybridized carbons (Fsp3) is 0.900.